The van der Waals surface area contributed by atoms with Crippen LogP contribution in [0.1, 0.15) is 62.5 Å². The molecule has 0 aromatic heterocycles. The molecule has 1 N–H and O–H groups in total. The van der Waals surface area contributed by atoms with Crippen molar-refractivity contribution in [1.29, 1.82) is 0 Å². The van der Waals surface area contributed by atoms with Crippen molar-refractivity contribution in [1.82, 2.24) is 0 Å². The first-order valence-corrected chi connectivity index (χ1v) is 10.2. The number of thioether (sulfide) groups is 1. The Hall–Kier alpha value is -0.960. The van der Waals surface area contributed by atoms with E-state index in [0.29, 0.717) is 29.3 Å². The molecule has 0 amide bonds. The van der Waals surface area contributed by atoms with Crippen LogP contribution in [0.4, 0.5) is 0 Å². The zero-order valence-corrected chi connectivity index (χ0v) is 14.9. The van der Waals surface area contributed by atoms with Crippen LogP contribution in [0, 0.1) is 17.3 Å². The molecule has 4 atom stereocenters. The van der Waals surface area contributed by atoms with E-state index in [1.807, 2.05) is 12.3 Å². The number of aryl methyl sites for hydroxylation is 1. The molecule has 2 saturated carbocycles. The van der Waals surface area contributed by atoms with Gasteiger partial charge in [-0.15, -0.1) is 11.8 Å². The van der Waals surface area contributed by atoms with Crippen LogP contribution >= 0.6 is 11.8 Å². The van der Waals surface area contributed by atoms with Gasteiger partial charge in [-0.1, -0.05) is 6.92 Å². The van der Waals surface area contributed by atoms with Crippen LogP contribution < -0.4 is 0 Å². The Morgan fingerprint density at radius 2 is 2.04 bits per heavy atom. The number of ketones is 1. The predicted molar refractivity (Wildman–Crippen MR) is 94.1 cm³/mol. The highest BCUT2D eigenvalue weighted by atomic mass is 32.2. The summed E-state index contributed by atoms with van der Waals surface area (Å²) >= 11 is 1.63. The van der Waals surface area contributed by atoms with Gasteiger partial charge in [0.1, 0.15) is 11.5 Å². The first-order valence-electron chi connectivity index (χ1n) is 8.97. The molecule has 3 unspecified atom stereocenters. The van der Waals surface area contributed by atoms with Crippen LogP contribution in [0.2, 0.25) is 0 Å². The van der Waals surface area contributed by atoms with E-state index < -0.39 is 0 Å². The number of aromatic hydroxyl groups is 1. The quantitative estimate of drug-likeness (QED) is 0.742. The van der Waals surface area contributed by atoms with Crippen molar-refractivity contribution in [3.8, 4) is 5.75 Å². The number of hydrogen-bond donors (Lipinski definition) is 1. The Morgan fingerprint density at radius 1 is 1.22 bits per heavy atom. The Labute approximate surface area is 143 Å². The molecule has 0 saturated heterocycles. The molecule has 3 aliphatic rings. The summed E-state index contributed by atoms with van der Waals surface area (Å²) < 4.78 is 0. The lowest BCUT2D eigenvalue weighted by atomic mass is 9.50. The van der Waals surface area contributed by atoms with Crippen LogP contribution in [-0.4, -0.2) is 17.1 Å². The van der Waals surface area contributed by atoms with Crippen molar-refractivity contribution in [3.63, 3.8) is 0 Å². The Morgan fingerprint density at radius 3 is 2.83 bits per heavy atom. The molecule has 0 bridgehead atoms. The topological polar surface area (TPSA) is 37.3 Å². The highest BCUT2D eigenvalue weighted by molar-refractivity contribution is 7.98. The van der Waals surface area contributed by atoms with Crippen LogP contribution in [0.3, 0.4) is 0 Å². The molecule has 0 heterocycles. The third-order valence-corrected chi connectivity index (χ3v) is 7.74. The predicted octanol–water partition coefficient (Wildman–Crippen LogP) is 4.93. The third-order valence-electron chi connectivity index (χ3n) is 6.97. The van der Waals surface area contributed by atoms with Gasteiger partial charge >= 0.3 is 0 Å². The zero-order chi connectivity index (χ0) is 16.2. The van der Waals surface area contributed by atoms with Crippen molar-refractivity contribution in [2.24, 2.45) is 17.3 Å². The molecular formula is C20H26O2S. The van der Waals surface area contributed by atoms with Crippen LogP contribution in [0.25, 0.3) is 0 Å². The van der Waals surface area contributed by atoms with Gasteiger partial charge < -0.3 is 5.11 Å². The van der Waals surface area contributed by atoms with E-state index >= 15 is 0 Å². The smallest absolute Gasteiger partial charge is 0.139 e. The van der Waals surface area contributed by atoms with Crippen LogP contribution in [0.15, 0.2) is 17.0 Å². The second-order valence-electron chi connectivity index (χ2n) is 7.91. The van der Waals surface area contributed by atoms with Crippen molar-refractivity contribution in [2.75, 3.05) is 6.26 Å². The minimum absolute atomic E-state index is 0.0593. The number of carbonyl (C=O) groups is 1. The fourth-order valence-corrected chi connectivity index (χ4v) is 6.23. The van der Waals surface area contributed by atoms with Gasteiger partial charge in [-0.3, -0.25) is 4.79 Å². The molecule has 3 aliphatic carbocycles. The Balaban J connectivity index is 1.73. The second kappa shape index (κ2) is 5.54. The summed E-state index contributed by atoms with van der Waals surface area (Å²) in [5.41, 5.74) is 2.74. The summed E-state index contributed by atoms with van der Waals surface area (Å²) in [6.07, 6.45) is 9.56. The lowest BCUT2D eigenvalue weighted by Crippen LogP contribution is -2.49. The van der Waals surface area contributed by atoms with Gasteiger partial charge in [0.2, 0.25) is 0 Å². The normalized spacial score (nSPS) is 36.1. The first-order chi connectivity index (χ1) is 11.0. The molecule has 0 radical (unpaired) electrons. The summed E-state index contributed by atoms with van der Waals surface area (Å²) in [6.45, 7) is 2.25. The van der Waals surface area contributed by atoms with Gasteiger partial charge in [0.25, 0.3) is 0 Å². The van der Waals surface area contributed by atoms with E-state index in [9.17, 15) is 9.90 Å². The maximum Gasteiger partial charge on any atom is 0.139 e. The molecule has 23 heavy (non-hydrogen) atoms. The summed E-state index contributed by atoms with van der Waals surface area (Å²) in [4.78, 5) is 13.6. The van der Waals surface area contributed by atoms with Crippen molar-refractivity contribution in [2.45, 2.75) is 62.7 Å². The van der Waals surface area contributed by atoms with Crippen LogP contribution in [-0.2, 0) is 11.2 Å². The summed E-state index contributed by atoms with van der Waals surface area (Å²) in [6, 6.07) is 4.23. The first kappa shape index (κ1) is 15.6. The van der Waals surface area contributed by atoms with Gasteiger partial charge in [0.05, 0.1) is 0 Å². The van der Waals surface area contributed by atoms with E-state index in [1.165, 1.54) is 24.0 Å². The number of phenolic OH excluding ortho intramolecular Hbond substituents is 1. The van der Waals surface area contributed by atoms with E-state index in [-0.39, 0.29) is 5.41 Å². The maximum atomic E-state index is 12.6. The summed E-state index contributed by atoms with van der Waals surface area (Å²) in [5, 5.41) is 10.2. The van der Waals surface area contributed by atoms with Crippen LogP contribution in [0.5, 0.6) is 5.75 Å². The molecular weight excluding hydrogens is 304 g/mol. The molecule has 124 valence electrons. The fraction of sp³-hybridized carbons (Fsp3) is 0.650. The van der Waals surface area contributed by atoms with Crippen molar-refractivity contribution in [3.05, 3.63) is 23.3 Å². The molecule has 2 nitrogen and oxygen atoms in total. The molecule has 3 heteroatoms. The zero-order valence-electron chi connectivity index (χ0n) is 14.1. The fourth-order valence-electron chi connectivity index (χ4n) is 5.72. The van der Waals surface area contributed by atoms with Crippen molar-refractivity contribution >= 4 is 17.5 Å². The van der Waals surface area contributed by atoms with E-state index in [2.05, 4.69) is 13.0 Å². The molecule has 1 aromatic carbocycles. The number of fused-ring (bicyclic) bond motifs is 5. The lowest BCUT2D eigenvalue weighted by molar-refractivity contribution is -0.140. The molecule has 2 fully saturated rings. The molecule has 1 aromatic rings. The number of Topliss-reactive ketones (excluding diaryl/α,β-unsaturated/α-hetero) is 1. The van der Waals surface area contributed by atoms with E-state index in [4.69, 9.17) is 0 Å². The van der Waals surface area contributed by atoms with Crippen molar-refractivity contribution < 1.29 is 9.90 Å². The average molecular weight is 330 g/mol. The van der Waals surface area contributed by atoms with Gasteiger partial charge in [0, 0.05) is 16.7 Å². The van der Waals surface area contributed by atoms with E-state index in [0.717, 1.165) is 37.0 Å². The summed E-state index contributed by atoms with van der Waals surface area (Å²) in [5.74, 6) is 2.78. The SMILES string of the molecule is CSc1cc2c(cc1O)CCC1C2CC[C@]2(C)C(=O)CCCC12. The largest absolute Gasteiger partial charge is 0.507 e. The monoisotopic (exact) mass is 330 g/mol. The maximum absolute atomic E-state index is 12.6. The summed E-state index contributed by atoms with van der Waals surface area (Å²) in [7, 11) is 0. The highest BCUT2D eigenvalue weighted by Gasteiger charge is 2.52. The molecule has 0 spiro atoms. The van der Waals surface area contributed by atoms with E-state index in [1.54, 1.807) is 11.8 Å². The number of rotatable bonds is 1. The highest BCUT2D eigenvalue weighted by Crippen LogP contribution is 2.58. The molecule has 4 rings (SSSR count). The van der Waals surface area contributed by atoms with Gasteiger partial charge in [-0.2, -0.15) is 0 Å². The number of phenols is 1. The number of hydrogen-bond acceptors (Lipinski definition) is 3. The second-order valence-corrected chi connectivity index (χ2v) is 8.76. The lowest BCUT2D eigenvalue weighted by Gasteiger charge is -2.53. The van der Waals surface area contributed by atoms with Gasteiger partial charge in [-0.05, 0) is 85.8 Å². The minimum Gasteiger partial charge on any atom is -0.507 e. The standard InChI is InChI=1S/C20H26O2S/c1-20-9-8-13-14(16(20)4-3-5-19(20)22)7-6-12-10-17(21)18(23-2)11-15(12)13/h10-11,13-14,16,21H,3-9H2,1-2H3/t13?,14?,16?,20-/m0/s1. The third kappa shape index (κ3) is 2.26. The average Bonchev–Trinajstić information content (AvgIpc) is 2.55. The number of benzene rings is 1. The number of carbonyl (C=O) groups excluding carboxylic acids is 1. The Kier molecular flexibility index (Phi) is 3.75. The van der Waals surface area contributed by atoms with Gasteiger partial charge in [-0.25, -0.2) is 0 Å². The Bertz CT molecular complexity index is 653. The molecule has 0 aliphatic heterocycles. The minimum atomic E-state index is -0.0593. The van der Waals surface area contributed by atoms with Gasteiger partial charge in [0.15, 0.2) is 0 Å².